The summed E-state index contributed by atoms with van der Waals surface area (Å²) in [4.78, 5) is 0. The fourth-order valence-electron chi connectivity index (χ4n) is 1.83. The fraction of sp³-hybridized carbons (Fsp3) is 0.417. The molecule has 0 amide bonds. The maximum atomic E-state index is 10.1. The number of hydrogen-bond donors (Lipinski definition) is 1. The van der Waals surface area contributed by atoms with Crippen molar-refractivity contribution >= 4 is 27.5 Å². The van der Waals surface area contributed by atoms with Gasteiger partial charge in [-0.2, -0.15) is 5.10 Å². The number of aliphatic hydroxyl groups is 1. The SMILES string of the molecule is CCc1nn(C)c(CC(O)c2ccc(Br)o2)c1Cl. The van der Waals surface area contributed by atoms with Crippen molar-refractivity contribution in [3.05, 3.63) is 39.0 Å². The standard InChI is InChI=1S/C12H14BrClN2O2/c1-3-7-12(14)8(16(2)15-7)6-9(17)10-4-5-11(13)18-10/h4-5,9,17H,3,6H2,1-2H3. The summed E-state index contributed by atoms with van der Waals surface area (Å²) in [5.74, 6) is 0.511. The Hall–Kier alpha value is -0.780. The quantitative estimate of drug-likeness (QED) is 0.934. The predicted molar refractivity (Wildman–Crippen MR) is 72.7 cm³/mol. The summed E-state index contributed by atoms with van der Waals surface area (Å²) >= 11 is 9.44. The molecule has 0 bridgehead atoms. The topological polar surface area (TPSA) is 51.2 Å². The molecular formula is C12H14BrClN2O2. The molecule has 1 N–H and O–H groups in total. The van der Waals surface area contributed by atoms with Gasteiger partial charge in [-0.15, -0.1) is 0 Å². The third-order valence-electron chi connectivity index (χ3n) is 2.81. The van der Waals surface area contributed by atoms with E-state index in [9.17, 15) is 5.11 Å². The van der Waals surface area contributed by atoms with Crippen LogP contribution in [0.1, 0.15) is 30.2 Å². The van der Waals surface area contributed by atoms with Gasteiger partial charge in [-0.3, -0.25) is 4.68 Å². The minimum absolute atomic E-state index is 0.377. The average molecular weight is 334 g/mol. The highest BCUT2D eigenvalue weighted by molar-refractivity contribution is 9.10. The molecule has 0 saturated heterocycles. The molecule has 4 nitrogen and oxygen atoms in total. The molecule has 1 atom stereocenters. The summed E-state index contributed by atoms with van der Waals surface area (Å²) in [7, 11) is 1.82. The molecule has 18 heavy (non-hydrogen) atoms. The second-order valence-electron chi connectivity index (χ2n) is 4.05. The summed E-state index contributed by atoms with van der Waals surface area (Å²) in [6.07, 6.45) is 0.422. The lowest BCUT2D eigenvalue weighted by atomic mass is 10.1. The molecule has 0 radical (unpaired) electrons. The van der Waals surface area contributed by atoms with E-state index in [1.807, 2.05) is 14.0 Å². The van der Waals surface area contributed by atoms with Gasteiger partial charge >= 0.3 is 0 Å². The summed E-state index contributed by atoms with van der Waals surface area (Å²) in [5, 5.41) is 15.0. The molecule has 1 unspecified atom stereocenters. The zero-order valence-electron chi connectivity index (χ0n) is 10.2. The van der Waals surface area contributed by atoms with E-state index in [4.69, 9.17) is 16.0 Å². The number of aliphatic hydroxyl groups excluding tert-OH is 1. The second kappa shape index (κ2) is 5.47. The molecular weight excluding hydrogens is 320 g/mol. The Morgan fingerprint density at radius 2 is 2.28 bits per heavy atom. The highest BCUT2D eigenvalue weighted by Gasteiger charge is 2.19. The molecule has 0 aliphatic heterocycles. The highest BCUT2D eigenvalue weighted by Crippen LogP contribution is 2.28. The molecule has 0 aromatic carbocycles. The third-order valence-corrected chi connectivity index (χ3v) is 3.67. The van der Waals surface area contributed by atoms with Gasteiger partial charge in [-0.1, -0.05) is 18.5 Å². The van der Waals surface area contributed by atoms with Crippen LogP contribution in [0.3, 0.4) is 0 Å². The Labute approximate surface area is 119 Å². The van der Waals surface area contributed by atoms with Crippen LogP contribution in [0.15, 0.2) is 21.2 Å². The van der Waals surface area contributed by atoms with Crippen molar-refractivity contribution in [2.24, 2.45) is 7.05 Å². The Bertz CT molecular complexity index is 550. The average Bonchev–Trinajstić information content (AvgIpc) is 2.87. The van der Waals surface area contributed by atoms with E-state index in [0.717, 1.165) is 17.8 Å². The number of aromatic nitrogens is 2. The van der Waals surface area contributed by atoms with Crippen LogP contribution in [0.2, 0.25) is 5.02 Å². The van der Waals surface area contributed by atoms with Crippen LogP contribution in [0.5, 0.6) is 0 Å². The smallest absolute Gasteiger partial charge is 0.169 e. The van der Waals surface area contributed by atoms with E-state index in [1.54, 1.807) is 16.8 Å². The lowest BCUT2D eigenvalue weighted by molar-refractivity contribution is 0.146. The Morgan fingerprint density at radius 1 is 1.56 bits per heavy atom. The second-order valence-corrected chi connectivity index (χ2v) is 5.21. The summed E-state index contributed by atoms with van der Waals surface area (Å²) in [6, 6.07) is 3.49. The Morgan fingerprint density at radius 3 is 2.78 bits per heavy atom. The molecule has 2 aromatic heterocycles. The highest BCUT2D eigenvalue weighted by atomic mass is 79.9. The van der Waals surface area contributed by atoms with Crippen molar-refractivity contribution in [2.45, 2.75) is 25.9 Å². The van der Waals surface area contributed by atoms with Crippen molar-refractivity contribution < 1.29 is 9.52 Å². The molecule has 0 saturated carbocycles. The van der Waals surface area contributed by atoms with Crippen LogP contribution in [-0.2, 0) is 19.9 Å². The van der Waals surface area contributed by atoms with Crippen LogP contribution < -0.4 is 0 Å². The van der Waals surface area contributed by atoms with E-state index in [-0.39, 0.29) is 0 Å². The van der Waals surface area contributed by atoms with Gasteiger partial charge in [0.15, 0.2) is 4.67 Å². The molecule has 0 spiro atoms. The maximum absolute atomic E-state index is 10.1. The van der Waals surface area contributed by atoms with Crippen LogP contribution in [0, 0.1) is 0 Å². The van der Waals surface area contributed by atoms with Crippen LogP contribution in [-0.4, -0.2) is 14.9 Å². The molecule has 2 rings (SSSR count). The molecule has 6 heteroatoms. The van der Waals surface area contributed by atoms with Gasteiger partial charge < -0.3 is 9.52 Å². The number of furan rings is 1. The van der Waals surface area contributed by atoms with Crippen molar-refractivity contribution in [2.75, 3.05) is 0 Å². The lowest BCUT2D eigenvalue weighted by Gasteiger charge is -2.08. The minimum Gasteiger partial charge on any atom is -0.452 e. The van der Waals surface area contributed by atoms with Gasteiger partial charge in [-0.25, -0.2) is 0 Å². The number of hydrogen-bond acceptors (Lipinski definition) is 3. The first-order valence-corrected chi connectivity index (χ1v) is 6.83. The van der Waals surface area contributed by atoms with Crippen molar-refractivity contribution in [1.29, 1.82) is 0 Å². The van der Waals surface area contributed by atoms with Gasteiger partial charge in [0.05, 0.1) is 16.4 Å². The van der Waals surface area contributed by atoms with Crippen molar-refractivity contribution in [3.8, 4) is 0 Å². The monoisotopic (exact) mass is 332 g/mol. The predicted octanol–water partition coefficient (Wildman–Crippen LogP) is 3.27. The molecule has 0 fully saturated rings. The van der Waals surface area contributed by atoms with Gasteiger partial charge in [0.25, 0.3) is 0 Å². The maximum Gasteiger partial charge on any atom is 0.169 e. The van der Waals surface area contributed by atoms with E-state index < -0.39 is 6.10 Å². The van der Waals surface area contributed by atoms with E-state index in [0.29, 0.717) is 21.9 Å². The van der Waals surface area contributed by atoms with Gasteiger partial charge in [0.2, 0.25) is 0 Å². The molecule has 98 valence electrons. The largest absolute Gasteiger partial charge is 0.452 e. The lowest BCUT2D eigenvalue weighted by Crippen LogP contribution is -2.06. The first-order valence-electron chi connectivity index (χ1n) is 5.66. The number of aryl methyl sites for hydroxylation is 2. The number of rotatable bonds is 4. The molecule has 0 aliphatic carbocycles. The minimum atomic E-state index is -0.728. The molecule has 0 aliphatic rings. The normalized spacial score (nSPS) is 12.9. The van der Waals surface area contributed by atoms with Crippen LogP contribution in [0.4, 0.5) is 0 Å². The summed E-state index contributed by atoms with van der Waals surface area (Å²) in [5.41, 5.74) is 1.66. The first-order chi connectivity index (χ1) is 8.52. The third kappa shape index (κ3) is 2.63. The van der Waals surface area contributed by atoms with Crippen molar-refractivity contribution in [3.63, 3.8) is 0 Å². The number of halogens is 2. The Kier molecular flexibility index (Phi) is 4.14. The van der Waals surface area contributed by atoms with Gasteiger partial charge in [0, 0.05) is 13.5 Å². The summed E-state index contributed by atoms with van der Waals surface area (Å²) in [6.45, 7) is 2.00. The van der Waals surface area contributed by atoms with Crippen LogP contribution >= 0.6 is 27.5 Å². The Balaban J connectivity index is 2.21. The molecule has 2 aromatic rings. The van der Waals surface area contributed by atoms with Gasteiger partial charge in [0.1, 0.15) is 11.9 Å². The zero-order chi connectivity index (χ0) is 13.3. The first kappa shape index (κ1) is 13.6. The fourth-order valence-corrected chi connectivity index (χ4v) is 2.52. The van der Waals surface area contributed by atoms with Gasteiger partial charge in [-0.05, 0) is 34.5 Å². The number of nitrogens with zero attached hydrogens (tertiary/aromatic N) is 2. The van der Waals surface area contributed by atoms with Crippen LogP contribution in [0.25, 0.3) is 0 Å². The zero-order valence-corrected chi connectivity index (χ0v) is 12.5. The summed E-state index contributed by atoms with van der Waals surface area (Å²) < 4.78 is 7.63. The van der Waals surface area contributed by atoms with Crippen molar-refractivity contribution in [1.82, 2.24) is 9.78 Å². The molecule has 2 heterocycles. The van der Waals surface area contributed by atoms with E-state index in [2.05, 4.69) is 21.0 Å². The van der Waals surface area contributed by atoms with E-state index >= 15 is 0 Å². The van der Waals surface area contributed by atoms with E-state index in [1.165, 1.54) is 0 Å².